The number of pyridine rings is 2. The molecule has 6 nitrogen and oxygen atoms in total. The molecular weight excluding hydrogens is 386 g/mol. The first kappa shape index (κ1) is 20.1. The molecule has 0 bridgehead atoms. The minimum atomic E-state index is -0.297. The van der Waals surface area contributed by atoms with Crippen molar-refractivity contribution in [1.29, 1.82) is 0 Å². The molecule has 2 aromatic carbocycles. The molecule has 0 aliphatic carbocycles. The molecule has 0 spiro atoms. The van der Waals surface area contributed by atoms with Gasteiger partial charge in [-0.1, -0.05) is 42.5 Å². The first-order valence-electron chi connectivity index (χ1n) is 10.0. The summed E-state index contributed by atoms with van der Waals surface area (Å²) in [7, 11) is 0. The summed E-state index contributed by atoms with van der Waals surface area (Å²) in [4.78, 5) is 21.0. The maximum atomic E-state index is 12.3. The Hall–Kier alpha value is -4.19. The number of benzene rings is 2. The van der Waals surface area contributed by atoms with E-state index in [9.17, 15) is 4.79 Å². The Kier molecular flexibility index (Phi) is 6.18. The van der Waals surface area contributed by atoms with Crippen LogP contribution in [0.5, 0.6) is 0 Å². The normalized spacial score (nSPS) is 10.4. The lowest BCUT2D eigenvalue weighted by Crippen LogP contribution is -2.28. The number of nitrogens with one attached hydrogen (secondary N) is 3. The minimum absolute atomic E-state index is 0.297. The second-order valence-electron chi connectivity index (χ2n) is 7.08. The summed E-state index contributed by atoms with van der Waals surface area (Å²) in [5.74, 6) is 1.22. The summed E-state index contributed by atoms with van der Waals surface area (Å²) >= 11 is 0. The second-order valence-corrected chi connectivity index (χ2v) is 7.08. The van der Waals surface area contributed by atoms with Crippen LogP contribution in [0.15, 0.2) is 91.3 Å². The van der Waals surface area contributed by atoms with Gasteiger partial charge in [0.15, 0.2) is 0 Å². The Bertz CT molecular complexity index is 1180. The molecular formula is C25H23N5O. The zero-order valence-electron chi connectivity index (χ0n) is 17.2. The second kappa shape index (κ2) is 9.54. The highest BCUT2D eigenvalue weighted by atomic mass is 16.2. The average Bonchev–Trinajstić information content (AvgIpc) is 2.80. The van der Waals surface area contributed by atoms with E-state index in [1.165, 1.54) is 0 Å². The van der Waals surface area contributed by atoms with Crippen LogP contribution in [-0.4, -0.2) is 16.0 Å². The molecule has 6 heteroatoms. The van der Waals surface area contributed by atoms with Crippen LogP contribution < -0.4 is 16.0 Å². The third-order valence-corrected chi connectivity index (χ3v) is 4.84. The van der Waals surface area contributed by atoms with E-state index in [4.69, 9.17) is 0 Å². The Morgan fingerprint density at radius 2 is 1.45 bits per heavy atom. The van der Waals surface area contributed by atoms with Crippen LogP contribution in [0.25, 0.3) is 11.1 Å². The number of hydrogen-bond donors (Lipinski definition) is 3. The zero-order chi connectivity index (χ0) is 21.5. The maximum absolute atomic E-state index is 12.3. The molecule has 0 fully saturated rings. The fourth-order valence-corrected chi connectivity index (χ4v) is 3.17. The number of carbonyl (C=O) groups is 1. The average molecular weight is 409 g/mol. The van der Waals surface area contributed by atoms with Crippen LogP contribution in [0.4, 0.5) is 22.1 Å². The predicted octanol–water partition coefficient (Wildman–Crippen LogP) is 5.52. The molecule has 4 rings (SSSR count). The fraction of sp³-hybridized carbons (Fsp3) is 0.0800. The van der Waals surface area contributed by atoms with Gasteiger partial charge in [-0.05, 0) is 65.6 Å². The van der Waals surface area contributed by atoms with Crippen molar-refractivity contribution in [3.8, 4) is 11.1 Å². The van der Waals surface area contributed by atoms with Gasteiger partial charge in [0.2, 0.25) is 0 Å². The molecule has 0 atom stereocenters. The van der Waals surface area contributed by atoms with Crippen LogP contribution >= 0.6 is 0 Å². The molecule has 0 radical (unpaired) electrons. The van der Waals surface area contributed by atoms with Gasteiger partial charge in [-0.15, -0.1) is 0 Å². The molecule has 3 N–H and O–H groups in total. The SMILES string of the molecule is Cc1ccccc1CNC(=O)Nc1cc(-c2ccnc(Nc3ccccc3)c2)ccn1. The van der Waals surface area contributed by atoms with Gasteiger partial charge in [0, 0.05) is 24.6 Å². The molecule has 0 saturated heterocycles. The highest BCUT2D eigenvalue weighted by molar-refractivity contribution is 5.89. The molecule has 0 saturated carbocycles. The molecule has 2 aromatic heterocycles. The van der Waals surface area contributed by atoms with Crippen molar-refractivity contribution >= 4 is 23.4 Å². The van der Waals surface area contributed by atoms with E-state index >= 15 is 0 Å². The fourth-order valence-electron chi connectivity index (χ4n) is 3.17. The highest BCUT2D eigenvalue weighted by Gasteiger charge is 2.07. The van der Waals surface area contributed by atoms with Crippen molar-refractivity contribution in [3.63, 3.8) is 0 Å². The number of carbonyl (C=O) groups excluding carboxylic acids is 1. The zero-order valence-corrected chi connectivity index (χ0v) is 17.2. The first-order chi connectivity index (χ1) is 15.2. The summed E-state index contributed by atoms with van der Waals surface area (Å²) < 4.78 is 0. The van der Waals surface area contributed by atoms with E-state index < -0.39 is 0 Å². The topological polar surface area (TPSA) is 78.9 Å². The Labute approximate surface area is 181 Å². The first-order valence-corrected chi connectivity index (χ1v) is 10.0. The molecule has 4 aromatic rings. The largest absolute Gasteiger partial charge is 0.340 e. The van der Waals surface area contributed by atoms with E-state index in [0.717, 1.165) is 33.8 Å². The van der Waals surface area contributed by atoms with Crippen LogP contribution in [-0.2, 0) is 6.54 Å². The van der Waals surface area contributed by atoms with E-state index in [1.54, 1.807) is 12.4 Å². The number of amides is 2. The third kappa shape index (κ3) is 5.45. The van der Waals surface area contributed by atoms with E-state index in [-0.39, 0.29) is 6.03 Å². The summed E-state index contributed by atoms with van der Waals surface area (Å²) in [5, 5.41) is 8.97. The van der Waals surface area contributed by atoms with Gasteiger partial charge in [0.25, 0.3) is 0 Å². The molecule has 0 aliphatic heterocycles. The lowest BCUT2D eigenvalue weighted by molar-refractivity contribution is 0.251. The van der Waals surface area contributed by atoms with Crippen molar-refractivity contribution in [1.82, 2.24) is 15.3 Å². The van der Waals surface area contributed by atoms with Gasteiger partial charge >= 0.3 is 6.03 Å². The van der Waals surface area contributed by atoms with Gasteiger partial charge < -0.3 is 10.6 Å². The Morgan fingerprint density at radius 3 is 2.19 bits per heavy atom. The number of aryl methyl sites for hydroxylation is 1. The lowest BCUT2D eigenvalue weighted by Gasteiger charge is -2.11. The van der Waals surface area contributed by atoms with Gasteiger partial charge in [-0.25, -0.2) is 14.8 Å². The van der Waals surface area contributed by atoms with E-state index in [0.29, 0.717) is 12.4 Å². The lowest BCUT2D eigenvalue weighted by atomic mass is 10.1. The quantitative estimate of drug-likeness (QED) is 0.392. The van der Waals surface area contributed by atoms with Gasteiger partial charge in [-0.3, -0.25) is 5.32 Å². The number of urea groups is 1. The van der Waals surface area contributed by atoms with Crippen molar-refractivity contribution in [2.45, 2.75) is 13.5 Å². The third-order valence-electron chi connectivity index (χ3n) is 4.84. The van der Waals surface area contributed by atoms with Crippen LogP contribution in [0.3, 0.4) is 0 Å². The number of aromatic nitrogens is 2. The van der Waals surface area contributed by atoms with Crippen molar-refractivity contribution in [2.24, 2.45) is 0 Å². The monoisotopic (exact) mass is 409 g/mol. The highest BCUT2D eigenvalue weighted by Crippen LogP contribution is 2.24. The van der Waals surface area contributed by atoms with Crippen molar-refractivity contribution < 1.29 is 4.79 Å². The smallest absolute Gasteiger partial charge is 0.320 e. The van der Waals surface area contributed by atoms with Crippen molar-refractivity contribution in [2.75, 3.05) is 10.6 Å². The molecule has 0 unspecified atom stereocenters. The minimum Gasteiger partial charge on any atom is -0.340 e. The Morgan fingerprint density at radius 1 is 0.806 bits per heavy atom. The summed E-state index contributed by atoms with van der Waals surface area (Å²) in [6.45, 7) is 2.48. The van der Waals surface area contributed by atoms with Gasteiger partial charge in [-0.2, -0.15) is 0 Å². The summed E-state index contributed by atoms with van der Waals surface area (Å²) in [6, 6.07) is 25.2. The molecule has 154 valence electrons. The molecule has 2 heterocycles. The maximum Gasteiger partial charge on any atom is 0.320 e. The number of rotatable bonds is 6. The van der Waals surface area contributed by atoms with Crippen LogP contribution in [0.1, 0.15) is 11.1 Å². The number of para-hydroxylation sites is 1. The number of nitrogens with zero attached hydrogens (tertiary/aromatic N) is 2. The number of anilines is 3. The number of hydrogen-bond acceptors (Lipinski definition) is 4. The summed E-state index contributed by atoms with van der Waals surface area (Å²) in [6.07, 6.45) is 3.43. The van der Waals surface area contributed by atoms with Gasteiger partial charge in [0.05, 0.1) is 0 Å². The molecule has 2 amide bonds. The summed E-state index contributed by atoms with van der Waals surface area (Å²) in [5.41, 5.74) is 5.09. The standard InChI is InChI=1S/C25H23N5O/c1-18-7-5-6-8-21(18)17-28-25(31)30-24-16-20(12-14-27-24)19-11-13-26-23(15-19)29-22-9-3-2-4-10-22/h2-16H,17H2,1H3,(H,26,29)(H2,27,28,30,31). The molecule has 0 aliphatic rings. The Balaban J connectivity index is 1.43. The van der Waals surface area contributed by atoms with Crippen LogP contribution in [0, 0.1) is 6.92 Å². The van der Waals surface area contributed by atoms with Crippen molar-refractivity contribution in [3.05, 3.63) is 102 Å². The van der Waals surface area contributed by atoms with Gasteiger partial charge in [0.1, 0.15) is 11.6 Å². The predicted molar refractivity (Wildman–Crippen MR) is 124 cm³/mol. The van der Waals surface area contributed by atoms with Crippen LogP contribution in [0.2, 0.25) is 0 Å². The van der Waals surface area contributed by atoms with E-state index in [2.05, 4.69) is 25.9 Å². The van der Waals surface area contributed by atoms with E-state index in [1.807, 2.05) is 85.8 Å². The molecule has 31 heavy (non-hydrogen) atoms.